The zero-order valence-electron chi connectivity index (χ0n) is 11.3. The molecule has 0 fully saturated rings. The Morgan fingerprint density at radius 2 is 1.95 bits per heavy atom. The standard InChI is InChI=1S/C14H20N4O2/c15-8-13-14(7-6-11-4-2-1-3-5-11)18(17-16-13)9-12(20)10-19/h1-5,12,19-20H,6-10,15H2. The highest BCUT2D eigenvalue weighted by Gasteiger charge is 2.14. The lowest BCUT2D eigenvalue weighted by Gasteiger charge is -2.11. The van der Waals surface area contributed by atoms with Gasteiger partial charge in [-0.1, -0.05) is 35.5 Å². The smallest absolute Gasteiger partial charge is 0.0994 e. The van der Waals surface area contributed by atoms with Gasteiger partial charge in [-0.3, -0.25) is 0 Å². The van der Waals surface area contributed by atoms with Crippen LogP contribution in [0.2, 0.25) is 0 Å². The fourth-order valence-corrected chi connectivity index (χ4v) is 2.11. The van der Waals surface area contributed by atoms with Gasteiger partial charge in [-0.15, -0.1) is 5.10 Å². The van der Waals surface area contributed by atoms with Crippen molar-refractivity contribution in [3.05, 3.63) is 47.3 Å². The van der Waals surface area contributed by atoms with Crippen LogP contribution in [0.5, 0.6) is 0 Å². The minimum atomic E-state index is -0.835. The second-order valence-electron chi connectivity index (χ2n) is 4.69. The van der Waals surface area contributed by atoms with Crippen molar-refractivity contribution in [3.63, 3.8) is 0 Å². The number of aromatic nitrogens is 3. The molecular weight excluding hydrogens is 256 g/mol. The number of nitrogens with two attached hydrogens (primary N) is 1. The van der Waals surface area contributed by atoms with Gasteiger partial charge in [0.05, 0.1) is 30.6 Å². The number of benzene rings is 1. The van der Waals surface area contributed by atoms with E-state index in [1.54, 1.807) is 4.68 Å². The Morgan fingerprint density at radius 1 is 1.20 bits per heavy atom. The first-order valence-corrected chi connectivity index (χ1v) is 6.68. The van der Waals surface area contributed by atoms with Gasteiger partial charge in [0.1, 0.15) is 0 Å². The summed E-state index contributed by atoms with van der Waals surface area (Å²) in [6.07, 6.45) is 0.774. The minimum Gasteiger partial charge on any atom is -0.394 e. The summed E-state index contributed by atoms with van der Waals surface area (Å²) >= 11 is 0. The fourth-order valence-electron chi connectivity index (χ4n) is 2.11. The molecule has 1 atom stereocenters. The number of aryl methyl sites for hydroxylation is 1. The monoisotopic (exact) mass is 276 g/mol. The lowest BCUT2D eigenvalue weighted by atomic mass is 10.1. The third kappa shape index (κ3) is 3.63. The zero-order chi connectivity index (χ0) is 14.4. The molecule has 1 aromatic heterocycles. The summed E-state index contributed by atoms with van der Waals surface area (Å²) in [6.45, 7) is 0.253. The maximum Gasteiger partial charge on any atom is 0.0994 e. The van der Waals surface area contributed by atoms with E-state index < -0.39 is 6.10 Å². The summed E-state index contributed by atoms with van der Waals surface area (Å²) in [7, 11) is 0. The first-order valence-electron chi connectivity index (χ1n) is 6.68. The van der Waals surface area contributed by atoms with Crippen molar-refractivity contribution in [1.29, 1.82) is 0 Å². The third-order valence-electron chi connectivity index (χ3n) is 3.20. The molecule has 0 bridgehead atoms. The third-order valence-corrected chi connectivity index (χ3v) is 3.20. The highest BCUT2D eigenvalue weighted by atomic mass is 16.3. The molecular formula is C14H20N4O2. The summed E-state index contributed by atoms with van der Waals surface area (Å²) in [5.41, 5.74) is 8.56. The Kier molecular flexibility index (Phi) is 5.23. The molecule has 6 heteroatoms. The molecule has 0 spiro atoms. The van der Waals surface area contributed by atoms with Gasteiger partial charge in [0, 0.05) is 6.54 Å². The molecule has 0 aliphatic heterocycles. The second kappa shape index (κ2) is 7.14. The van der Waals surface area contributed by atoms with Crippen LogP contribution in [0.3, 0.4) is 0 Å². The number of aliphatic hydroxyl groups is 2. The van der Waals surface area contributed by atoms with E-state index in [0.29, 0.717) is 6.54 Å². The molecule has 0 amide bonds. The Labute approximate surface area is 117 Å². The number of hydrogen-bond donors (Lipinski definition) is 3. The predicted octanol–water partition coefficient (Wildman–Crippen LogP) is -0.125. The molecule has 0 radical (unpaired) electrons. The molecule has 0 aliphatic carbocycles. The molecule has 6 nitrogen and oxygen atoms in total. The topological polar surface area (TPSA) is 97.2 Å². The summed E-state index contributed by atoms with van der Waals surface area (Å²) in [5.74, 6) is 0. The van der Waals surface area contributed by atoms with Crippen LogP contribution in [0.1, 0.15) is 17.0 Å². The van der Waals surface area contributed by atoms with Crippen molar-refractivity contribution in [2.75, 3.05) is 6.61 Å². The lowest BCUT2D eigenvalue weighted by Crippen LogP contribution is -2.22. The minimum absolute atomic E-state index is 0.230. The van der Waals surface area contributed by atoms with Gasteiger partial charge in [0.25, 0.3) is 0 Å². The van der Waals surface area contributed by atoms with E-state index in [1.165, 1.54) is 5.56 Å². The van der Waals surface area contributed by atoms with Crippen LogP contribution >= 0.6 is 0 Å². The van der Waals surface area contributed by atoms with Crippen LogP contribution < -0.4 is 5.73 Å². The summed E-state index contributed by atoms with van der Waals surface area (Å²) in [6, 6.07) is 10.1. The van der Waals surface area contributed by atoms with E-state index in [9.17, 15) is 5.11 Å². The van der Waals surface area contributed by atoms with Gasteiger partial charge in [-0.05, 0) is 18.4 Å². The molecule has 2 rings (SSSR count). The highest BCUT2D eigenvalue weighted by Crippen LogP contribution is 2.11. The van der Waals surface area contributed by atoms with Gasteiger partial charge < -0.3 is 15.9 Å². The number of rotatable bonds is 7. The Bertz CT molecular complexity index is 527. The maximum atomic E-state index is 9.53. The largest absolute Gasteiger partial charge is 0.394 e. The van der Waals surface area contributed by atoms with Crippen molar-refractivity contribution < 1.29 is 10.2 Å². The lowest BCUT2D eigenvalue weighted by molar-refractivity contribution is 0.0770. The van der Waals surface area contributed by atoms with Crippen molar-refractivity contribution >= 4 is 0 Å². The normalized spacial score (nSPS) is 12.6. The fraction of sp³-hybridized carbons (Fsp3) is 0.429. The van der Waals surface area contributed by atoms with Crippen molar-refractivity contribution in [2.45, 2.75) is 32.0 Å². The van der Waals surface area contributed by atoms with Gasteiger partial charge in [-0.2, -0.15) is 0 Å². The molecule has 0 aliphatic rings. The van der Waals surface area contributed by atoms with Crippen molar-refractivity contribution in [1.82, 2.24) is 15.0 Å². The van der Waals surface area contributed by atoms with E-state index in [1.807, 2.05) is 18.2 Å². The van der Waals surface area contributed by atoms with E-state index in [4.69, 9.17) is 10.8 Å². The molecule has 108 valence electrons. The number of hydrogen-bond acceptors (Lipinski definition) is 5. The summed E-state index contributed by atoms with van der Waals surface area (Å²) in [5, 5.41) is 26.5. The van der Waals surface area contributed by atoms with Crippen molar-refractivity contribution in [2.24, 2.45) is 5.73 Å². The summed E-state index contributed by atoms with van der Waals surface area (Å²) in [4.78, 5) is 0. The van der Waals surface area contributed by atoms with Crippen LogP contribution in [-0.2, 0) is 25.9 Å². The Hall–Kier alpha value is -1.76. The van der Waals surface area contributed by atoms with Crippen molar-refractivity contribution in [3.8, 4) is 0 Å². The van der Waals surface area contributed by atoms with Gasteiger partial charge in [0.15, 0.2) is 0 Å². The first-order chi connectivity index (χ1) is 9.74. The first kappa shape index (κ1) is 14.6. The van der Waals surface area contributed by atoms with E-state index in [-0.39, 0.29) is 13.2 Å². The SMILES string of the molecule is NCc1nnn(CC(O)CO)c1CCc1ccccc1. The second-order valence-corrected chi connectivity index (χ2v) is 4.69. The molecule has 0 saturated carbocycles. The maximum absolute atomic E-state index is 9.53. The predicted molar refractivity (Wildman–Crippen MR) is 74.9 cm³/mol. The van der Waals surface area contributed by atoms with Crippen LogP contribution in [0.15, 0.2) is 30.3 Å². The van der Waals surface area contributed by atoms with Gasteiger partial charge in [0.2, 0.25) is 0 Å². The molecule has 1 aromatic carbocycles. The average Bonchev–Trinajstić information content (AvgIpc) is 2.88. The molecule has 1 unspecified atom stereocenters. The van der Waals surface area contributed by atoms with Gasteiger partial charge in [-0.25, -0.2) is 4.68 Å². The van der Waals surface area contributed by atoms with E-state index in [2.05, 4.69) is 22.4 Å². The highest BCUT2D eigenvalue weighted by molar-refractivity contribution is 5.18. The Morgan fingerprint density at radius 3 is 2.60 bits per heavy atom. The van der Waals surface area contributed by atoms with Crippen LogP contribution in [-0.4, -0.2) is 37.9 Å². The average molecular weight is 276 g/mol. The molecule has 1 heterocycles. The Balaban J connectivity index is 2.10. The van der Waals surface area contributed by atoms with Crippen LogP contribution in [0, 0.1) is 0 Å². The molecule has 2 aromatic rings. The van der Waals surface area contributed by atoms with E-state index >= 15 is 0 Å². The van der Waals surface area contributed by atoms with Crippen LogP contribution in [0.25, 0.3) is 0 Å². The van der Waals surface area contributed by atoms with E-state index in [0.717, 1.165) is 24.2 Å². The molecule has 20 heavy (non-hydrogen) atoms. The van der Waals surface area contributed by atoms with Gasteiger partial charge >= 0.3 is 0 Å². The number of nitrogens with zero attached hydrogens (tertiary/aromatic N) is 3. The molecule has 0 saturated heterocycles. The number of aliphatic hydroxyl groups excluding tert-OH is 2. The quantitative estimate of drug-likeness (QED) is 0.655. The van der Waals surface area contributed by atoms with Crippen LogP contribution in [0.4, 0.5) is 0 Å². The molecule has 4 N–H and O–H groups in total. The summed E-state index contributed by atoms with van der Waals surface area (Å²) < 4.78 is 1.63. The zero-order valence-corrected chi connectivity index (χ0v) is 11.3.